The summed E-state index contributed by atoms with van der Waals surface area (Å²) in [6, 6.07) is 5.22. The summed E-state index contributed by atoms with van der Waals surface area (Å²) in [6.45, 7) is 2.12. The van der Waals surface area contributed by atoms with Crippen LogP contribution in [0, 0.1) is 5.92 Å². The Labute approximate surface area is 135 Å². The Morgan fingerprint density at radius 1 is 1.22 bits per heavy atom. The smallest absolute Gasteiger partial charge is 0.341 e. The number of nitrogens with one attached hydrogen (secondary N) is 1. The summed E-state index contributed by atoms with van der Waals surface area (Å²) in [7, 11) is -4.59. The van der Waals surface area contributed by atoms with Gasteiger partial charge in [-0.1, -0.05) is 31.9 Å². The molecule has 1 aromatic carbocycles. The summed E-state index contributed by atoms with van der Waals surface area (Å²) < 4.78 is 47.6. The molecule has 4 nitrogen and oxygen atoms in total. The Morgan fingerprint density at radius 3 is 2.39 bits per heavy atom. The van der Waals surface area contributed by atoms with E-state index in [9.17, 15) is 22.0 Å². The predicted octanol–water partition coefficient (Wildman–Crippen LogP) is 2.92. The van der Waals surface area contributed by atoms with Crippen LogP contribution in [0.4, 0.5) is 8.78 Å². The lowest BCUT2D eigenvalue weighted by atomic mass is 9.86. The maximum Gasteiger partial charge on any atom is 0.341 e. The number of sulfone groups is 1. The van der Waals surface area contributed by atoms with Crippen molar-refractivity contribution in [3.8, 4) is 0 Å². The van der Waals surface area contributed by atoms with E-state index in [1.807, 2.05) is 0 Å². The molecular weight excluding hydrogens is 324 g/mol. The Bertz CT molecular complexity index is 644. The third-order valence-electron chi connectivity index (χ3n) is 4.31. The molecule has 0 heterocycles. The van der Waals surface area contributed by atoms with Crippen molar-refractivity contribution in [1.82, 2.24) is 5.32 Å². The molecule has 128 valence electrons. The van der Waals surface area contributed by atoms with E-state index in [-0.39, 0.29) is 18.4 Å². The highest BCUT2D eigenvalue weighted by Crippen LogP contribution is 2.24. The molecule has 2 atom stereocenters. The molecule has 1 saturated carbocycles. The average molecular weight is 345 g/mol. The number of carbonyl (C=O) groups is 1. The minimum atomic E-state index is -4.59. The van der Waals surface area contributed by atoms with E-state index in [1.54, 1.807) is 0 Å². The molecule has 2 rings (SSSR count). The number of hydrogen-bond acceptors (Lipinski definition) is 3. The second kappa shape index (κ2) is 7.38. The van der Waals surface area contributed by atoms with Crippen molar-refractivity contribution in [2.45, 2.75) is 55.7 Å². The van der Waals surface area contributed by atoms with E-state index < -0.39 is 20.5 Å². The molecule has 23 heavy (non-hydrogen) atoms. The van der Waals surface area contributed by atoms with Crippen LogP contribution in [0.1, 0.15) is 38.2 Å². The van der Waals surface area contributed by atoms with E-state index in [0.717, 1.165) is 31.4 Å². The van der Waals surface area contributed by atoms with Gasteiger partial charge in [-0.2, -0.15) is 8.78 Å². The number of amides is 1. The van der Waals surface area contributed by atoms with Gasteiger partial charge in [-0.05, 0) is 36.5 Å². The number of benzene rings is 1. The third-order valence-corrected chi connectivity index (χ3v) is 5.71. The Balaban J connectivity index is 1.97. The highest BCUT2D eigenvalue weighted by atomic mass is 32.2. The number of halogens is 2. The molecule has 1 aliphatic rings. The maximum atomic E-state index is 12.5. The Hall–Kier alpha value is -1.50. The third kappa shape index (κ3) is 4.50. The van der Waals surface area contributed by atoms with Crippen molar-refractivity contribution in [2.24, 2.45) is 5.92 Å². The highest BCUT2D eigenvalue weighted by molar-refractivity contribution is 7.91. The van der Waals surface area contributed by atoms with Crippen molar-refractivity contribution in [3.05, 3.63) is 29.8 Å². The molecule has 0 aromatic heterocycles. The molecule has 0 spiro atoms. The van der Waals surface area contributed by atoms with Gasteiger partial charge in [0.1, 0.15) is 0 Å². The van der Waals surface area contributed by atoms with Crippen molar-refractivity contribution in [3.63, 3.8) is 0 Å². The van der Waals surface area contributed by atoms with Gasteiger partial charge in [-0.25, -0.2) is 8.42 Å². The van der Waals surface area contributed by atoms with Crippen molar-refractivity contribution in [1.29, 1.82) is 0 Å². The molecule has 1 fully saturated rings. The van der Waals surface area contributed by atoms with Crippen LogP contribution in [-0.2, 0) is 21.1 Å². The first kappa shape index (κ1) is 17.8. The lowest BCUT2D eigenvalue weighted by Crippen LogP contribution is -2.41. The van der Waals surface area contributed by atoms with Crippen molar-refractivity contribution < 1.29 is 22.0 Å². The summed E-state index contributed by atoms with van der Waals surface area (Å²) in [4.78, 5) is 11.6. The zero-order chi connectivity index (χ0) is 17.0. The zero-order valence-corrected chi connectivity index (χ0v) is 13.8. The second-order valence-electron chi connectivity index (χ2n) is 6.06. The van der Waals surface area contributed by atoms with E-state index >= 15 is 0 Å². The first-order chi connectivity index (χ1) is 10.8. The summed E-state index contributed by atoms with van der Waals surface area (Å²) in [5.74, 6) is -3.12. The molecule has 0 radical (unpaired) electrons. The molecule has 0 bridgehead atoms. The fourth-order valence-corrected chi connectivity index (χ4v) is 3.59. The topological polar surface area (TPSA) is 63.2 Å². The highest BCUT2D eigenvalue weighted by Gasteiger charge is 2.26. The van der Waals surface area contributed by atoms with Gasteiger partial charge in [0.05, 0.1) is 11.3 Å². The van der Waals surface area contributed by atoms with Gasteiger partial charge in [0.25, 0.3) is 0 Å². The summed E-state index contributed by atoms with van der Waals surface area (Å²) in [6.07, 6.45) is 4.48. The molecule has 1 aromatic rings. The lowest BCUT2D eigenvalue weighted by Gasteiger charge is -2.29. The van der Waals surface area contributed by atoms with Crippen LogP contribution in [0.3, 0.4) is 0 Å². The standard InChI is InChI=1S/C16H21F2NO3S/c1-11-4-2-3-5-14(11)19-15(20)10-12-6-8-13(9-7-12)23(21,22)16(17)18/h6-9,11,14,16H,2-5,10H2,1H3,(H,19,20)/t11-,14+/m0/s1. The fourth-order valence-electron chi connectivity index (χ4n) is 2.87. The number of rotatable bonds is 5. The van der Waals surface area contributed by atoms with Gasteiger partial charge < -0.3 is 5.32 Å². The number of carbonyl (C=O) groups excluding carboxylic acids is 1. The van der Waals surface area contributed by atoms with Gasteiger partial charge in [-0.15, -0.1) is 0 Å². The normalized spacial score (nSPS) is 22.1. The van der Waals surface area contributed by atoms with E-state index in [2.05, 4.69) is 12.2 Å². The van der Waals surface area contributed by atoms with E-state index in [1.165, 1.54) is 18.6 Å². The SMILES string of the molecule is C[C@H]1CCCC[C@H]1NC(=O)Cc1ccc(S(=O)(=O)C(F)F)cc1. The van der Waals surface area contributed by atoms with Crippen LogP contribution in [0.5, 0.6) is 0 Å². The second-order valence-corrected chi connectivity index (χ2v) is 7.98. The zero-order valence-electron chi connectivity index (χ0n) is 13.0. The molecule has 7 heteroatoms. The van der Waals surface area contributed by atoms with Crippen LogP contribution >= 0.6 is 0 Å². The molecular formula is C16H21F2NO3S. The van der Waals surface area contributed by atoms with E-state index in [4.69, 9.17) is 0 Å². The Kier molecular flexibility index (Phi) is 5.73. The van der Waals surface area contributed by atoms with Crippen LogP contribution in [-0.4, -0.2) is 26.1 Å². The van der Waals surface area contributed by atoms with Crippen LogP contribution < -0.4 is 5.32 Å². The molecule has 1 aliphatic carbocycles. The van der Waals surface area contributed by atoms with Gasteiger partial charge in [0, 0.05) is 6.04 Å². The van der Waals surface area contributed by atoms with Crippen molar-refractivity contribution >= 4 is 15.7 Å². The van der Waals surface area contributed by atoms with Gasteiger partial charge in [0.15, 0.2) is 0 Å². The van der Waals surface area contributed by atoms with Gasteiger partial charge in [-0.3, -0.25) is 4.79 Å². The number of hydrogen-bond donors (Lipinski definition) is 1. The molecule has 1 amide bonds. The quantitative estimate of drug-likeness (QED) is 0.892. The summed E-state index contributed by atoms with van der Waals surface area (Å²) >= 11 is 0. The first-order valence-corrected chi connectivity index (χ1v) is 9.25. The Morgan fingerprint density at radius 2 is 1.83 bits per heavy atom. The van der Waals surface area contributed by atoms with E-state index in [0.29, 0.717) is 11.5 Å². The van der Waals surface area contributed by atoms with Crippen LogP contribution in [0.25, 0.3) is 0 Å². The van der Waals surface area contributed by atoms with Crippen LogP contribution in [0.2, 0.25) is 0 Å². The average Bonchev–Trinajstić information content (AvgIpc) is 2.50. The van der Waals surface area contributed by atoms with Gasteiger partial charge in [0.2, 0.25) is 15.7 Å². The summed E-state index contributed by atoms with van der Waals surface area (Å²) in [5, 5.41) is 3.00. The van der Waals surface area contributed by atoms with Gasteiger partial charge >= 0.3 is 5.76 Å². The number of alkyl halides is 2. The maximum absolute atomic E-state index is 12.5. The summed E-state index contributed by atoms with van der Waals surface area (Å²) in [5.41, 5.74) is 0.596. The minimum absolute atomic E-state index is 0.109. The molecule has 1 N–H and O–H groups in total. The molecule has 0 aliphatic heterocycles. The lowest BCUT2D eigenvalue weighted by molar-refractivity contribution is -0.121. The molecule has 0 unspecified atom stereocenters. The fraction of sp³-hybridized carbons (Fsp3) is 0.562. The van der Waals surface area contributed by atoms with Crippen molar-refractivity contribution in [2.75, 3.05) is 0 Å². The predicted molar refractivity (Wildman–Crippen MR) is 82.9 cm³/mol. The molecule has 0 saturated heterocycles. The minimum Gasteiger partial charge on any atom is -0.353 e. The largest absolute Gasteiger partial charge is 0.353 e. The van der Waals surface area contributed by atoms with Crippen LogP contribution in [0.15, 0.2) is 29.2 Å². The first-order valence-electron chi connectivity index (χ1n) is 7.71. The monoisotopic (exact) mass is 345 g/mol.